The number of nitrogens with zero attached hydrogens (tertiary/aromatic N) is 4. The molecule has 1 aliphatic heterocycles. The zero-order valence-electron chi connectivity index (χ0n) is 9.68. The predicted molar refractivity (Wildman–Crippen MR) is 61.1 cm³/mol. The molecule has 0 radical (unpaired) electrons. The molecule has 0 saturated carbocycles. The third-order valence-electron chi connectivity index (χ3n) is 2.92. The van der Waals surface area contributed by atoms with Crippen molar-refractivity contribution in [3.63, 3.8) is 0 Å². The van der Waals surface area contributed by atoms with Crippen LogP contribution in [0.4, 0.5) is 4.39 Å². The van der Waals surface area contributed by atoms with Crippen LogP contribution in [0.1, 0.15) is 20.3 Å². The second-order valence-corrected chi connectivity index (χ2v) is 5.67. The Bertz CT molecular complexity index is 605. The highest BCUT2D eigenvalue weighted by molar-refractivity contribution is 7.87. The number of rotatable bonds is 2. The van der Waals surface area contributed by atoms with E-state index < -0.39 is 21.6 Å². The number of hydrazine groups is 2. The van der Waals surface area contributed by atoms with Crippen LogP contribution in [-0.2, 0) is 10.2 Å². The smallest absolute Gasteiger partial charge is 0.309 e. The molecule has 0 amide bonds. The van der Waals surface area contributed by atoms with Gasteiger partial charge in [0.05, 0.1) is 11.2 Å². The molecule has 1 saturated heterocycles. The number of azide groups is 1. The maximum atomic E-state index is 13.5. The number of hydrogen-bond donors (Lipinski definition) is 2. The van der Waals surface area contributed by atoms with Gasteiger partial charge in [-0.15, -0.1) is 4.41 Å². The number of halogens is 1. The number of fused-ring (bicyclic) bond motifs is 1. The first kappa shape index (κ1) is 12.8. The molecule has 1 aliphatic carbocycles. The van der Waals surface area contributed by atoms with E-state index in [1.165, 1.54) is 13.0 Å². The molecular weight excluding hydrogens is 263 g/mol. The molecule has 0 aromatic heterocycles. The number of allylic oxidation sites excluding steroid dienone is 2. The second kappa shape index (κ2) is 3.95. The highest BCUT2D eigenvalue weighted by Gasteiger charge is 2.50. The molecule has 0 aromatic rings. The van der Waals surface area contributed by atoms with Gasteiger partial charge in [-0.1, -0.05) is 0 Å². The molecule has 0 spiro atoms. The molecule has 2 N–H and O–H groups in total. The summed E-state index contributed by atoms with van der Waals surface area (Å²) in [6.45, 7) is 3.19. The first-order valence-corrected chi connectivity index (χ1v) is 6.42. The summed E-state index contributed by atoms with van der Waals surface area (Å²) in [6, 6.07) is 0. The Balaban J connectivity index is 2.53. The standard InChI is InChI=1S/C8H11FN6O2S/c1-5-3-6(9)4-8(2)7(5)11-13-15(8)18(16,17)14-12-10/h3,11,13H,4H2,1-2H3/t8-/m0/s1. The minimum Gasteiger partial charge on any atom is -0.309 e. The monoisotopic (exact) mass is 274 g/mol. The van der Waals surface area contributed by atoms with Crippen molar-refractivity contribution < 1.29 is 12.8 Å². The normalized spacial score (nSPS) is 28.3. The predicted octanol–water partition coefficient (Wildman–Crippen LogP) is 1.16. The van der Waals surface area contributed by atoms with Crippen LogP contribution in [0.25, 0.3) is 10.4 Å². The van der Waals surface area contributed by atoms with Gasteiger partial charge in [-0.2, -0.15) is 5.53 Å². The number of nitrogens with one attached hydrogen (secondary N) is 2. The van der Waals surface area contributed by atoms with Crippen molar-refractivity contribution in [1.82, 2.24) is 15.4 Å². The van der Waals surface area contributed by atoms with Gasteiger partial charge in [0.25, 0.3) is 0 Å². The van der Waals surface area contributed by atoms with Crippen LogP contribution in [0.2, 0.25) is 0 Å². The van der Waals surface area contributed by atoms with E-state index in [-0.39, 0.29) is 6.42 Å². The van der Waals surface area contributed by atoms with Gasteiger partial charge in [-0.05, 0) is 31.0 Å². The molecule has 18 heavy (non-hydrogen) atoms. The number of hydrogen-bond acceptors (Lipinski definition) is 4. The Labute approximate surface area is 103 Å². The molecule has 1 heterocycles. The molecular formula is C8H11FN6O2S. The lowest BCUT2D eigenvalue weighted by atomic mass is 9.87. The molecule has 8 nitrogen and oxygen atoms in total. The highest BCUT2D eigenvalue weighted by atomic mass is 32.2. The lowest BCUT2D eigenvalue weighted by molar-refractivity contribution is 0.221. The molecule has 1 atom stereocenters. The molecule has 0 aromatic carbocycles. The van der Waals surface area contributed by atoms with Gasteiger partial charge in [-0.25, -0.2) is 12.8 Å². The lowest BCUT2D eigenvalue weighted by Gasteiger charge is -2.33. The van der Waals surface area contributed by atoms with E-state index >= 15 is 0 Å². The van der Waals surface area contributed by atoms with Gasteiger partial charge in [-0.3, -0.25) is 0 Å². The Morgan fingerprint density at radius 1 is 1.67 bits per heavy atom. The first-order valence-electron chi connectivity index (χ1n) is 5.02. The maximum Gasteiger partial charge on any atom is 0.317 e. The van der Waals surface area contributed by atoms with Crippen molar-refractivity contribution in [1.29, 1.82) is 0 Å². The average Bonchev–Trinajstić information content (AvgIpc) is 2.55. The van der Waals surface area contributed by atoms with Crippen LogP contribution >= 0.6 is 0 Å². The van der Waals surface area contributed by atoms with E-state index in [4.69, 9.17) is 5.53 Å². The van der Waals surface area contributed by atoms with Gasteiger partial charge in [0.2, 0.25) is 0 Å². The lowest BCUT2D eigenvalue weighted by Crippen LogP contribution is -2.50. The van der Waals surface area contributed by atoms with Crippen LogP contribution in [0.15, 0.2) is 27.7 Å². The Kier molecular flexibility index (Phi) is 2.82. The van der Waals surface area contributed by atoms with Crippen LogP contribution in [0.5, 0.6) is 0 Å². The molecule has 0 bridgehead atoms. The van der Waals surface area contributed by atoms with E-state index in [1.54, 1.807) is 6.92 Å². The van der Waals surface area contributed by atoms with Gasteiger partial charge in [0, 0.05) is 15.9 Å². The summed E-state index contributed by atoms with van der Waals surface area (Å²) >= 11 is 0. The van der Waals surface area contributed by atoms with Crippen LogP contribution in [0.3, 0.4) is 0 Å². The van der Waals surface area contributed by atoms with Crippen LogP contribution in [0, 0.1) is 0 Å². The topological polar surface area (TPSA) is 110 Å². The Morgan fingerprint density at radius 3 is 2.94 bits per heavy atom. The summed E-state index contributed by atoms with van der Waals surface area (Å²) in [5, 5.41) is 0. The third kappa shape index (κ3) is 1.75. The zero-order valence-corrected chi connectivity index (χ0v) is 10.5. The fourth-order valence-electron chi connectivity index (χ4n) is 2.23. The summed E-state index contributed by atoms with van der Waals surface area (Å²) < 4.78 is 40.5. The van der Waals surface area contributed by atoms with E-state index in [9.17, 15) is 12.8 Å². The third-order valence-corrected chi connectivity index (χ3v) is 4.16. The van der Waals surface area contributed by atoms with E-state index in [2.05, 4.69) is 20.4 Å². The Morgan fingerprint density at radius 2 is 2.33 bits per heavy atom. The van der Waals surface area contributed by atoms with Crippen molar-refractivity contribution in [3.05, 3.63) is 33.6 Å². The largest absolute Gasteiger partial charge is 0.317 e. The van der Waals surface area contributed by atoms with E-state index in [1.807, 2.05) is 0 Å². The van der Waals surface area contributed by atoms with Crippen molar-refractivity contribution in [2.24, 2.45) is 4.52 Å². The molecule has 2 rings (SSSR count). The minimum atomic E-state index is -4.25. The Hall–Kier alpha value is -1.61. The summed E-state index contributed by atoms with van der Waals surface area (Å²) in [5.74, 6) is -0.439. The van der Waals surface area contributed by atoms with Crippen molar-refractivity contribution in [2.45, 2.75) is 25.8 Å². The van der Waals surface area contributed by atoms with Crippen molar-refractivity contribution >= 4 is 10.2 Å². The summed E-state index contributed by atoms with van der Waals surface area (Å²) in [7, 11) is -4.25. The molecule has 0 unspecified atom stereocenters. The van der Waals surface area contributed by atoms with Crippen LogP contribution < -0.4 is 11.0 Å². The average molecular weight is 274 g/mol. The minimum absolute atomic E-state index is 0.139. The van der Waals surface area contributed by atoms with E-state index in [0.29, 0.717) is 11.3 Å². The fourth-order valence-corrected chi connectivity index (χ4v) is 3.22. The quantitative estimate of drug-likeness (QED) is 0.447. The molecule has 2 aliphatic rings. The van der Waals surface area contributed by atoms with Crippen LogP contribution in [-0.4, -0.2) is 18.4 Å². The molecule has 1 fully saturated rings. The van der Waals surface area contributed by atoms with Gasteiger partial charge >= 0.3 is 10.2 Å². The SMILES string of the molecule is CC1=C2NNN(S(=O)(=O)N=[N+]=[N-])[C@@]2(C)CC(F)=C1. The summed E-state index contributed by atoms with van der Waals surface area (Å²) in [5.41, 5.74) is 13.2. The van der Waals surface area contributed by atoms with E-state index in [0.717, 1.165) is 4.41 Å². The summed E-state index contributed by atoms with van der Waals surface area (Å²) in [6.07, 6.45) is 1.19. The molecule has 98 valence electrons. The highest BCUT2D eigenvalue weighted by Crippen LogP contribution is 2.40. The van der Waals surface area contributed by atoms with Gasteiger partial charge in [0.15, 0.2) is 0 Å². The first-order chi connectivity index (χ1) is 8.31. The fraction of sp³-hybridized carbons (Fsp3) is 0.500. The van der Waals surface area contributed by atoms with Gasteiger partial charge < -0.3 is 5.43 Å². The van der Waals surface area contributed by atoms with Crippen molar-refractivity contribution in [2.75, 3.05) is 0 Å². The maximum absolute atomic E-state index is 13.5. The molecule has 10 heteroatoms. The second-order valence-electron chi connectivity index (χ2n) is 4.25. The zero-order chi connectivity index (χ0) is 13.6. The van der Waals surface area contributed by atoms with Gasteiger partial charge in [0.1, 0.15) is 5.83 Å². The van der Waals surface area contributed by atoms with Crippen molar-refractivity contribution in [3.8, 4) is 0 Å². The summed E-state index contributed by atoms with van der Waals surface area (Å²) in [4.78, 5) is 2.26.